The van der Waals surface area contributed by atoms with Crippen molar-refractivity contribution in [2.75, 3.05) is 0 Å². The van der Waals surface area contributed by atoms with Crippen molar-refractivity contribution in [3.05, 3.63) is 0 Å². The Morgan fingerprint density at radius 1 is 1.35 bits per heavy atom. The third-order valence-corrected chi connectivity index (χ3v) is 3.31. The van der Waals surface area contributed by atoms with Crippen LogP contribution in [0.3, 0.4) is 0 Å². The number of hydrogen-bond acceptors (Lipinski definition) is 2. The van der Waals surface area contributed by atoms with Crippen molar-refractivity contribution in [3.8, 4) is 0 Å². The van der Waals surface area contributed by atoms with Crippen LogP contribution in [0.2, 0.25) is 0 Å². The average Bonchev–Trinajstić information content (AvgIpc) is 2.27. The molecule has 0 bridgehead atoms. The number of nitrogens with two attached hydrogens (primary N) is 1. The summed E-state index contributed by atoms with van der Waals surface area (Å²) in [5.41, 5.74) is 5.54. The Morgan fingerprint density at radius 2 is 1.88 bits per heavy atom. The number of halogens is 3. The van der Waals surface area contributed by atoms with Gasteiger partial charge in [-0.25, -0.2) is 0 Å². The summed E-state index contributed by atoms with van der Waals surface area (Å²) in [4.78, 5) is 11.5. The molecule has 0 unspecified atom stereocenters. The molecular weight excluding hydrogens is 233 g/mol. The van der Waals surface area contributed by atoms with E-state index in [-0.39, 0.29) is 24.8 Å². The zero-order chi connectivity index (χ0) is 13.1. The lowest BCUT2D eigenvalue weighted by Crippen LogP contribution is -2.46. The maximum absolute atomic E-state index is 12.4. The molecule has 1 rings (SSSR count). The minimum Gasteiger partial charge on any atom is -0.352 e. The Labute approximate surface area is 98.9 Å². The Balaban J connectivity index is 2.35. The molecule has 100 valence electrons. The SMILES string of the molecule is CC[C@H](N)C(=O)NC1CCC(C(F)(F)F)CC1. The van der Waals surface area contributed by atoms with Gasteiger partial charge in [0.2, 0.25) is 5.91 Å². The molecule has 3 N–H and O–H groups in total. The predicted octanol–water partition coefficient (Wildman–Crippen LogP) is 1.96. The number of rotatable bonds is 3. The van der Waals surface area contributed by atoms with Crippen molar-refractivity contribution in [3.63, 3.8) is 0 Å². The molecule has 1 aliphatic carbocycles. The Morgan fingerprint density at radius 3 is 2.29 bits per heavy atom. The molecule has 0 aromatic heterocycles. The first-order valence-corrected chi connectivity index (χ1v) is 5.97. The molecule has 1 amide bonds. The van der Waals surface area contributed by atoms with E-state index in [2.05, 4.69) is 5.32 Å². The largest absolute Gasteiger partial charge is 0.391 e. The molecule has 17 heavy (non-hydrogen) atoms. The van der Waals surface area contributed by atoms with Crippen LogP contribution in [0.15, 0.2) is 0 Å². The molecule has 1 fully saturated rings. The topological polar surface area (TPSA) is 55.1 Å². The number of carbonyl (C=O) groups excluding carboxylic acids is 1. The smallest absolute Gasteiger partial charge is 0.352 e. The summed E-state index contributed by atoms with van der Waals surface area (Å²) < 4.78 is 37.2. The number of nitrogens with one attached hydrogen (secondary N) is 1. The van der Waals surface area contributed by atoms with Gasteiger partial charge < -0.3 is 11.1 Å². The molecular formula is C11H19F3N2O. The predicted molar refractivity (Wildman–Crippen MR) is 58.2 cm³/mol. The normalized spacial score (nSPS) is 27.6. The first-order chi connectivity index (χ1) is 7.84. The van der Waals surface area contributed by atoms with Crippen molar-refractivity contribution in [1.82, 2.24) is 5.32 Å². The van der Waals surface area contributed by atoms with Gasteiger partial charge in [0.1, 0.15) is 0 Å². The molecule has 0 aromatic carbocycles. The Kier molecular flexibility index (Phi) is 4.80. The van der Waals surface area contributed by atoms with Gasteiger partial charge in [-0.05, 0) is 32.1 Å². The van der Waals surface area contributed by atoms with Crippen LogP contribution >= 0.6 is 0 Å². The molecule has 0 aliphatic heterocycles. The van der Waals surface area contributed by atoms with Gasteiger partial charge in [0.05, 0.1) is 12.0 Å². The van der Waals surface area contributed by atoms with E-state index in [1.807, 2.05) is 0 Å². The van der Waals surface area contributed by atoms with Gasteiger partial charge >= 0.3 is 6.18 Å². The maximum Gasteiger partial charge on any atom is 0.391 e. The molecule has 0 aromatic rings. The second-order valence-electron chi connectivity index (χ2n) is 4.61. The van der Waals surface area contributed by atoms with Gasteiger partial charge in [-0.3, -0.25) is 4.79 Å². The minimum atomic E-state index is -4.10. The third-order valence-electron chi connectivity index (χ3n) is 3.31. The van der Waals surface area contributed by atoms with E-state index >= 15 is 0 Å². The van der Waals surface area contributed by atoms with Crippen molar-refractivity contribution in [1.29, 1.82) is 0 Å². The fourth-order valence-electron chi connectivity index (χ4n) is 2.06. The van der Waals surface area contributed by atoms with Crippen LogP contribution in [0, 0.1) is 5.92 Å². The lowest BCUT2D eigenvalue weighted by molar-refractivity contribution is -0.182. The fourth-order valence-corrected chi connectivity index (χ4v) is 2.06. The van der Waals surface area contributed by atoms with E-state index in [0.717, 1.165) is 0 Å². The van der Waals surface area contributed by atoms with Gasteiger partial charge in [0.25, 0.3) is 0 Å². The summed E-state index contributed by atoms with van der Waals surface area (Å²) in [6.45, 7) is 1.80. The third kappa shape index (κ3) is 4.18. The Bertz CT molecular complexity index is 260. The van der Waals surface area contributed by atoms with E-state index in [1.165, 1.54) is 0 Å². The van der Waals surface area contributed by atoms with Gasteiger partial charge in [-0.15, -0.1) is 0 Å². The summed E-state index contributed by atoms with van der Waals surface area (Å²) in [6.07, 6.45) is -2.62. The number of carbonyl (C=O) groups is 1. The van der Waals surface area contributed by atoms with Gasteiger partial charge in [-0.1, -0.05) is 6.92 Å². The van der Waals surface area contributed by atoms with E-state index < -0.39 is 18.1 Å². The van der Waals surface area contributed by atoms with Crippen LogP contribution in [0.4, 0.5) is 13.2 Å². The molecule has 0 heterocycles. The highest BCUT2D eigenvalue weighted by molar-refractivity contribution is 5.81. The molecule has 0 spiro atoms. The van der Waals surface area contributed by atoms with Gasteiger partial charge in [0.15, 0.2) is 0 Å². The quantitative estimate of drug-likeness (QED) is 0.806. The molecule has 6 heteroatoms. The molecule has 0 radical (unpaired) electrons. The van der Waals surface area contributed by atoms with E-state index in [0.29, 0.717) is 19.3 Å². The molecule has 1 atom stereocenters. The highest BCUT2D eigenvalue weighted by atomic mass is 19.4. The zero-order valence-electron chi connectivity index (χ0n) is 9.89. The second-order valence-corrected chi connectivity index (χ2v) is 4.61. The highest BCUT2D eigenvalue weighted by Gasteiger charge is 2.41. The summed E-state index contributed by atoms with van der Waals surface area (Å²) >= 11 is 0. The van der Waals surface area contributed by atoms with Crippen LogP contribution in [0.25, 0.3) is 0 Å². The first-order valence-electron chi connectivity index (χ1n) is 5.97. The zero-order valence-corrected chi connectivity index (χ0v) is 9.89. The van der Waals surface area contributed by atoms with Crippen LogP contribution in [0.1, 0.15) is 39.0 Å². The lowest BCUT2D eigenvalue weighted by Gasteiger charge is -2.30. The highest BCUT2D eigenvalue weighted by Crippen LogP contribution is 2.37. The molecule has 0 saturated heterocycles. The summed E-state index contributed by atoms with van der Waals surface area (Å²) in [7, 11) is 0. The number of amides is 1. The average molecular weight is 252 g/mol. The van der Waals surface area contributed by atoms with Crippen molar-refractivity contribution < 1.29 is 18.0 Å². The summed E-state index contributed by atoms with van der Waals surface area (Å²) in [6, 6.07) is -0.714. The van der Waals surface area contributed by atoms with Crippen LogP contribution < -0.4 is 11.1 Å². The van der Waals surface area contributed by atoms with Crippen molar-refractivity contribution in [2.45, 2.75) is 57.3 Å². The first kappa shape index (κ1) is 14.3. The van der Waals surface area contributed by atoms with E-state index in [9.17, 15) is 18.0 Å². The second kappa shape index (κ2) is 5.71. The van der Waals surface area contributed by atoms with Gasteiger partial charge in [-0.2, -0.15) is 13.2 Å². The summed E-state index contributed by atoms with van der Waals surface area (Å²) in [5, 5.41) is 2.71. The monoisotopic (exact) mass is 252 g/mol. The van der Waals surface area contributed by atoms with E-state index in [1.54, 1.807) is 6.92 Å². The summed E-state index contributed by atoms with van der Waals surface area (Å²) in [5.74, 6) is -1.47. The van der Waals surface area contributed by atoms with Gasteiger partial charge in [0, 0.05) is 6.04 Å². The maximum atomic E-state index is 12.4. The van der Waals surface area contributed by atoms with Crippen molar-refractivity contribution in [2.24, 2.45) is 11.7 Å². The molecule has 3 nitrogen and oxygen atoms in total. The Hall–Kier alpha value is -0.780. The fraction of sp³-hybridized carbons (Fsp3) is 0.909. The standard InChI is InChI=1S/C11H19F3N2O/c1-2-9(15)10(17)16-8-5-3-7(4-6-8)11(12,13)14/h7-9H,2-6,15H2,1H3,(H,16,17)/t7?,8?,9-/m0/s1. The van der Waals surface area contributed by atoms with Crippen LogP contribution in [-0.2, 0) is 4.79 Å². The van der Waals surface area contributed by atoms with Crippen molar-refractivity contribution >= 4 is 5.91 Å². The minimum absolute atomic E-state index is 0.0931. The lowest BCUT2D eigenvalue weighted by atomic mass is 9.85. The molecule has 1 saturated carbocycles. The van der Waals surface area contributed by atoms with Crippen LogP contribution in [0.5, 0.6) is 0 Å². The number of alkyl halides is 3. The van der Waals surface area contributed by atoms with Crippen LogP contribution in [-0.4, -0.2) is 24.2 Å². The van der Waals surface area contributed by atoms with E-state index in [4.69, 9.17) is 5.73 Å². The molecule has 1 aliphatic rings. The number of hydrogen-bond donors (Lipinski definition) is 2.